The SMILES string of the molecule is COC(=O)CCN(c1ccccc1)C(C)C(O)CCc1ccccc1. The number of carbonyl (C=O) groups is 1. The van der Waals surface area contributed by atoms with Crippen LogP contribution >= 0.6 is 0 Å². The summed E-state index contributed by atoms with van der Waals surface area (Å²) in [5.41, 5.74) is 2.22. The van der Waals surface area contributed by atoms with Crippen LogP contribution in [0.15, 0.2) is 60.7 Å². The van der Waals surface area contributed by atoms with Gasteiger partial charge in [-0.15, -0.1) is 0 Å². The fourth-order valence-electron chi connectivity index (χ4n) is 2.91. The third kappa shape index (κ3) is 5.91. The van der Waals surface area contributed by atoms with E-state index in [0.717, 1.165) is 12.1 Å². The second kappa shape index (κ2) is 9.84. The molecule has 0 bridgehead atoms. The van der Waals surface area contributed by atoms with E-state index in [-0.39, 0.29) is 12.0 Å². The Bertz CT molecular complexity index is 630. The summed E-state index contributed by atoms with van der Waals surface area (Å²) in [4.78, 5) is 13.6. The summed E-state index contributed by atoms with van der Waals surface area (Å²) < 4.78 is 4.75. The van der Waals surface area contributed by atoms with E-state index in [1.54, 1.807) is 0 Å². The van der Waals surface area contributed by atoms with Crippen molar-refractivity contribution >= 4 is 11.7 Å². The molecule has 0 aromatic heterocycles. The molecule has 1 N–H and O–H groups in total. The fourth-order valence-corrected chi connectivity index (χ4v) is 2.91. The Morgan fingerprint density at radius 1 is 1.08 bits per heavy atom. The van der Waals surface area contributed by atoms with Crippen molar-refractivity contribution < 1.29 is 14.6 Å². The standard InChI is InChI=1S/C21H27NO3/c1-17(20(23)14-13-18-9-5-3-6-10-18)22(16-15-21(24)25-2)19-11-7-4-8-12-19/h3-12,17,20,23H,13-16H2,1-2H3. The van der Waals surface area contributed by atoms with Crippen LogP contribution in [-0.4, -0.2) is 36.9 Å². The fraction of sp³-hybridized carbons (Fsp3) is 0.381. The molecule has 0 saturated heterocycles. The number of methoxy groups -OCH3 is 1. The molecule has 4 heteroatoms. The number of hydrogen-bond acceptors (Lipinski definition) is 4. The monoisotopic (exact) mass is 341 g/mol. The minimum Gasteiger partial charge on any atom is -0.469 e. The third-order valence-corrected chi connectivity index (χ3v) is 4.49. The van der Waals surface area contributed by atoms with Gasteiger partial charge >= 0.3 is 5.97 Å². The maximum absolute atomic E-state index is 11.5. The lowest BCUT2D eigenvalue weighted by molar-refractivity contribution is -0.140. The number of carbonyl (C=O) groups excluding carboxylic acids is 1. The van der Waals surface area contributed by atoms with Gasteiger partial charge in [-0.05, 0) is 37.5 Å². The minimum absolute atomic E-state index is 0.101. The molecule has 2 unspecified atom stereocenters. The number of aryl methyl sites for hydroxylation is 1. The Kier molecular flexibility index (Phi) is 7.48. The highest BCUT2D eigenvalue weighted by molar-refractivity contribution is 5.70. The van der Waals surface area contributed by atoms with Crippen molar-refractivity contribution in [2.24, 2.45) is 0 Å². The lowest BCUT2D eigenvalue weighted by Crippen LogP contribution is -2.43. The summed E-state index contributed by atoms with van der Waals surface area (Å²) >= 11 is 0. The minimum atomic E-state index is -0.488. The van der Waals surface area contributed by atoms with Gasteiger partial charge in [0.2, 0.25) is 0 Å². The number of esters is 1. The van der Waals surface area contributed by atoms with Crippen molar-refractivity contribution in [1.82, 2.24) is 0 Å². The highest BCUT2D eigenvalue weighted by atomic mass is 16.5. The zero-order valence-corrected chi connectivity index (χ0v) is 15.0. The van der Waals surface area contributed by atoms with Crippen LogP contribution in [0.5, 0.6) is 0 Å². The van der Waals surface area contributed by atoms with Gasteiger partial charge in [-0.25, -0.2) is 0 Å². The lowest BCUT2D eigenvalue weighted by Gasteiger charge is -2.34. The third-order valence-electron chi connectivity index (χ3n) is 4.49. The highest BCUT2D eigenvalue weighted by Gasteiger charge is 2.22. The molecule has 0 amide bonds. The van der Waals surface area contributed by atoms with Gasteiger partial charge in [0, 0.05) is 12.2 Å². The van der Waals surface area contributed by atoms with Crippen LogP contribution in [0.25, 0.3) is 0 Å². The molecule has 2 atom stereocenters. The number of aliphatic hydroxyl groups excluding tert-OH is 1. The predicted molar refractivity (Wildman–Crippen MR) is 101 cm³/mol. The maximum Gasteiger partial charge on any atom is 0.307 e. The molecular formula is C21H27NO3. The average molecular weight is 341 g/mol. The molecule has 0 radical (unpaired) electrons. The molecule has 0 aliphatic heterocycles. The zero-order chi connectivity index (χ0) is 18.1. The molecule has 0 aliphatic carbocycles. The van der Waals surface area contributed by atoms with Crippen LogP contribution in [0.1, 0.15) is 25.3 Å². The van der Waals surface area contributed by atoms with Crippen molar-refractivity contribution in [1.29, 1.82) is 0 Å². The molecule has 2 aromatic rings. The first-order valence-corrected chi connectivity index (χ1v) is 8.72. The van der Waals surface area contributed by atoms with Crippen LogP contribution in [0.2, 0.25) is 0 Å². The average Bonchev–Trinajstić information content (AvgIpc) is 2.67. The second-order valence-corrected chi connectivity index (χ2v) is 6.19. The maximum atomic E-state index is 11.5. The predicted octanol–water partition coefficient (Wildman–Crippen LogP) is 3.44. The topological polar surface area (TPSA) is 49.8 Å². The summed E-state index contributed by atoms with van der Waals surface area (Å²) in [6, 6.07) is 19.9. The van der Waals surface area contributed by atoms with Gasteiger partial charge in [-0.2, -0.15) is 0 Å². The number of para-hydroxylation sites is 1. The number of anilines is 1. The van der Waals surface area contributed by atoms with Crippen LogP contribution in [-0.2, 0) is 16.0 Å². The van der Waals surface area contributed by atoms with Crippen molar-refractivity contribution in [3.8, 4) is 0 Å². The second-order valence-electron chi connectivity index (χ2n) is 6.19. The van der Waals surface area contributed by atoms with Crippen molar-refractivity contribution in [3.05, 3.63) is 66.2 Å². The molecule has 2 rings (SSSR count). The van der Waals surface area contributed by atoms with Crippen LogP contribution in [0.3, 0.4) is 0 Å². The molecule has 134 valence electrons. The molecule has 0 spiro atoms. The number of rotatable bonds is 9. The van der Waals surface area contributed by atoms with Crippen molar-refractivity contribution in [2.75, 3.05) is 18.6 Å². The van der Waals surface area contributed by atoms with E-state index < -0.39 is 6.10 Å². The van der Waals surface area contributed by atoms with Crippen molar-refractivity contribution in [2.45, 2.75) is 38.3 Å². The Morgan fingerprint density at radius 2 is 1.68 bits per heavy atom. The summed E-state index contributed by atoms with van der Waals surface area (Å²) in [7, 11) is 1.40. The Morgan fingerprint density at radius 3 is 2.28 bits per heavy atom. The first kappa shape index (κ1) is 19.0. The molecule has 2 aromatic carbocycles. The Hall–Kier alpha value is -2.33. The highest BCUT2D eigenvalue weighted by Crippen LogP contribution is 2.21. The van der Waals surface area contributed by atoms with Crippen LogP contribution < -0.4 is 4.90 Å². The van der Waals surface area contributed by atoms with Gasteiger partial charge in [0.25, 0.3) is 0 Å². The molecule has 0 fully saturated rings. The number of hydrogen-bond donors (Lipinski definition) is 1. The number of benzene rings is 2. The first-order chi connectivity index (χ1) is 12.1. The number of ether oxygens (including phenoxy) is 1. The van der Waals surface area contributed by atoms with Crippen LogP contribution in [0.4, 0.5) is 5.69 Å². The van der Waals surface area contributed by atoms with E-state index in [2.05, 4.69) is 17.0 Å². The smallest absolute Gasteiger partial charge is 0.307 e. The van der Waals surface area contributed by atoms with E-state index in [9.17, 15) is 9.90 Å². The first-order valence-electron chi connectivity index (χ1n) is 8.72. The summed E-state index contributed by atoms with van der Waals surface area (Å²) in [6.45, 7) is 2.51. The van der Waals surface area contributed by atoms with Gasteiger partial charge in [0.05, 0.1) is 25.7 Å². The molecule has 0 saturated carbocycles. The van der Waals surface area contributed by atoms with Crippen molar-refractivity contribution in [3.63, 3.8) is 0 Å². The number of aliphatic hydroxyl groups is 1. The number of nitrogens with zero attached hydrogens (tertiary/aromatic N) is 1. The molecule has 0 heterocycles. The summed E-state index contributed by atoms with van der Waals surface area (Å²) in [6.07, 6.45) is 1.30. The van der Waals surface area contributed by atoms with Gasteiger partial charge in [-0.1, -0.05) is 48.5 Å². The molecule has 4 nitrogen and oxygen atoms in total. The quantitative estimate of drug-likeness (QED) is 0.710. The van der Waals surface area contributed by atoms with E-state index >= 15 is 0 Å². The normalized spacial score (nSPS) is 13.1. The van der Waals surface area contributed by atoms with Gasteiger partial charge in [-0.3, -0.25) is 4.79 Å². The lowest BCUT2D eigenvalue weighted by atomic mass is 10.0. The van der Waals surface area contributed by atoms with E-state index in [1.165, 1.54) is 12.7 Å². The van der Waals surface area contributed by atoms with Gasteiger partial charge in [0.15, 0.2) is 0 Å². The largest absolute Gasteiger partial charge is 0.469 e. The van der Waals surface area contributed by atoms with E-state index in [1.807, 2.05) is 55.5 Å². The Balaban J connectivity index is 2.02. The molecule has 0 aliphatic rings. The Labute approximate surface area is 150 Å². The van der Waals surface area contributed by atoms with Crippen LogP contribution in [0, 0.1) is 0 Å². The molecular weight excluding hydrogens is 314 g/mol. The summed E-state index contributed by atoms with van der Waals surface area (Å²) in [5.74, 6) is -0.244. The van der Waals surface area contributed by atoms with Gasteiger partial charge in [0.1, 0.15) is 0 Å². The zero-order valence-electron chi connectivity index (χ0n) is 15.0. The van der Waals surface area contributed by atoms with Gasteiger partial charge < -0.3 is 14.7 Å². The van der Waals surface area contributed by atoms with E-state index in [0.29, 0.717) is 19.4 Å². The molecule has 25 heavy (non-hydrogen) atoms. The van der Waals surface area contributed by atoms with E-state index in [4.69, 9.17) is 4.74 Å². The summed E-state index contributed by atoms with van der Waals surface area (Å²) in [5, 5.41) is 10.7.